The predicted molar refractivity (Wildman–Crippen MR) is 242 cm³/mol. The highest BCUT2D eigenvalue weighted by Gasteiger charge is 2.23. The van der Waals surface area contributed by atoms with Gasteiger partial charge in [0.15, 0.2) is 0 Å². The minimum Gasteiger partial charge on any atom is -0.490 e. The maximum atomic E-state index is 12.1. The molecule has 1 heterocycles. The third kappa shape index (κ3) is 21.0. The largest absolute Gasteiger partial charge is 0.490 e. The normalized spacial score (nSPS) is 9.61. The highest BCUT2D eigenvalue weighted by atomic mass is 16.6. The molecule has 62 heavy (non-hydrogen) atoms. The van der Waals surface area contributed by atoms with Gasteiger partial charge >= 0.3 is 29.0 Å². The number of amides is 3. The van der Waals surface area contributed by atoms with Crippen molar-refractivity contribution in [3.8, 4) is 11.5 Å². The smallest absolute Gasteiger partial charge is 0.339 e. The summed E-state index contributed by atoms with van der Waals surface area (Å²) >= 11 is 0. The van der Waals surface area contributed by atoms with E-state index in [9.17, 15) is 38.4 Å². The van der Waals surface area contributed by atoms with Gasteiger partial charge in [-0.1, -0.05) is 81.0 Å². The molecule has 0 saturated heterocycles. The van der Waals surface area contributed by atoms with E-state index in [1.165, 1.54) is 20.8 Å². The minimum absolute atomic E-state index is 0. The lowest BCUT2D eigenvalue weighted by atomic mass is 9.78. The monoisotopic (exact) mass is 875 g/mol. The summed E-state index contributed by atoms with van der Waals surface area (Å²) in [5.41, 5.74) is 4.69. The zero-order chi connectivity index (χ0) is 44.2. The van der Waals surface area contributed by atoms with Crippen LogP contribution in [-0.4, -0.2) is 69.8 Å². The molecular formula is C44H70N6O12. The summed E-state index contributed by atoms with van der Waals surface area (Å²) in [5.74, 6) is -0.612. The lowest BCUT2D eigenvalue weighted by Crippen LogP contribution is -2.57. The van der Waals surface area contributed by atoms with Crippen molar-refractivity contribution in [2.45, 2.75) is 110 Å². The van der Waals surface area contributed by atoms with Crippen LogP contribution in [0.2, 0.25) is 0 Å². The summed E-state index contributed by atoms with van der Waals surface area (Å²) in [5, 5.41) is 4.63. The Balaban J connectivity index is -0.000000504. The van der Waals surface area contributed by atoms with Crippen LogP contribution in [0.4, 0.5) is 0 Å². The summed E-state index contributed by atoms with van der Waals surface area (Å²) < 4.78 is 23.6. The molecule has 0 radical (unpaired) electrons. The van der Waals surface area contributed by atoms with E-state index in [4.69, 9.17) is 18.9 Å². The molecule has 4 N–H and O–H groups in total. The van der Waals surface area contributed by atoms with Crippen LogP contribution in [0.15, 0.2) is 87.2 Å². The predicted octanol–water partition coefficient (Wildman–Crippen LogP) is 4.42. The molecular weight excluding hydrogens is 805 g/mol. The van der Waals surface area contributed by atoms with Gasteiger partial charge in [0.2, 0.25) is 17.7 Å². The van der Waals surface area contributed by atoms with E-state index in [2.05, 4.69) is 43.4 Å². The quantitative estimate of drug-likeness (QED) is 0.0971. The van der Waals surface area contributed by atoms with Crippen molar-refractivity contribution in [1.82, 2.24) is 24.3 Å². The van der Waals surface area contributed by atoms with E-state index in [0.29, 0.717) is 31.8 Å². The van der Waals surface area contributed by atoms with E-state index in [0.717, 1.165) is 15.7 Å². The van der Waals surface area contributed by atoms with Crippen LogP contribution in [0.5, 0.6) is 11.5 Å². The number of carbonyl (C=O) groups excluding carboxylic acids is 5. The van der Waals surface area contributed by atoms with Crippen molar-refractivity contribution in [3.05, 3.63) is 115 Å². The molecule has 0 atom stereocenters. The number of benzene rings is 2. The van der Waals surface area contributed by atoms with Gasteiger partial charge in [0, 0.05) is 43.9 Å². The van der Waals surface area contributed by atoms with Gasteiger partial charge in [0.1, 0.15) is 51.3 Å². The number of hydrogen-bond donors (Lipinski definition) is 3. The van der Waals surface area contributed by atoms with E-state index in [-0.39, 0.29) is 87.3 Å². The van der Waals surface area contributed by atoms with Crippen molar-refractivity contribution in [1.29, 1.82) is 0 Å². The van der Waals surface area contributed by atoms with Gasteiger partial charge in [-0.25, -0.2) is 37.7 Å². The van der Waals surface area contributed by atoms with Gasteiger partial charge in [-0.15, -0.1) is 0 Å². The molecule has 0 aliphatic carbocycles. The average Bonchev–Trinajstić information content (AvgIpc) is 3.15. The maximum Gasteiger partial charge on any atom is 0.339 e. The third-order valence-electron chi connectivity index (χ3n) is 7.69. The Kier molecular flexibility index (Phi) is 30.3. The fourth-order valence-corrected chi connectivity index (χ4v) is 4.54. The Hall–Kier alpha value is -6.72. The van der Waals surface area contributed by atoms with Gasteiger partial charge in [-0.2, -0.15) is 0 Å². The zero-order valence-corrected chi connectivity index (χ0v) is 34.3. The van der Waals surface area contributed by atoms with Crippen molar-refractivity contribution in [3.63, 3.8) is 0 Å². The summed E-state index contributed by atoms with van der Waals surface area (Å²) in [6, 6.07) is 15.7. The highest BCUT2D eigenvalue weighted by Crippen LogP contribution is 2.33. The van der Waals surface area contributed by atoms with Gasteiger partial charge in [0.05, 0.1) is 0 Å². The van der Waals surface area contributed by atoms with Crippen molar-refractivity contribution < 1.29 is 42.9 Å². The molecule has 0 aliphatic heterocycles. The van der Waals surface area contributed by atoms with Gasteiger partial charge in [0.25, 0.3) is 0 Å². The van der Waals surface area contributed by atoms with Crippen LogP contribution in [-0.2, 0) is 58.7 Å². The maximum absolute atomic E-state index is 12.1. The molecule has 0 aliphatic rings. The van der Waals surface area contributed by atoms with Crippen LogP contribution in [0.1, 0.15) is 96.2 Å². The van der Waals surface area contributed by atoms with Crippen LogP contribution >= 0.6 is 0 Å². The second-order valence-electron chi connectivity index (χ2n) is 13.0. The Labute approximate surface area is 365 Å². The summed E-state index contributed by atoms with van der Waals surface area (Å²) in [6.07, 6.45) is 0. The van der Waals surface area contributed by atoms with Crippen LogP contribution in [0, 0.1) is 0 Å². The minimum atomic E-state index is -0.905. The highest BCUT2D eigenvalue weighted by molar-refractivity contribution is 5.87. The first kappa shape index (κ1) is 61.9. The number of primary amides is 1. The lowest BCUT2D eigenvalue weighted by molar-refractivity contribution is -0.140. The first-order valence-electron chi connectivity index (χ1n) is 17.9. The number of hydrogen-bond acceptors (Lipinski definition) is 12. The topological polar surface area (TPSA) is 238 Å². The molecule has 3 aromatic rings. The SMILES string of the molecule is C.C.C.C.C=C(C)C(=O)OCCOc1ccc(C(C)(C)c2ccc(OCCOC(=O)C(=C)C)cc2)cc1.CC(N)=O.CCn1c(=O)n(CNC(C)=O)c(=O)n(CNC(C)=O)c1=O. The first-order valence-corrected chi connectivity index (χ1v) is 17.9. The summed E-state index contributed by atoms with van der Waals surface area (Å²) in [7, 11) is 0. The molecule has 0 spiro atoms. The van der Waals surface area contributed by atoms with Crippen LogP contribution in [0.25, 0.3) is 0 Å². The van der Waals surface area contributed by atoms with E-state index < -0.39 is 40.8 Å². The zero-order valence-electron chi connectivity index (χ0n) is 34.3. The Morgan fingerprint density at radius 2 is 0.871 bits per heavy atom. The molecule has 18 nitrogen and oxygen atoms in total. The molecule has 3 rings (SSSR count). The number of nitrogens with zero attached hydrogens (tertiary/aromatic N) is 3. The summed E-state index contributed by atoms with van der Waals surface area (Å²) in [6.45, 7) is 20.2. The van der Waals surface area contributed by atoms with E-state index >= 15 is 0 Å². The molecule has 0 fully saturated rings. The van der Waals surface area contributed by atoms with E-state index in [1.54, 1.807) is 20.8 Å². The number of carbonyl (C=O) groups is 5. The number of nitrogens with two attached hydrogens (primary N) is 1. The molecule has 3 amide bonds. The second-order valence-corrected chi connectivity index (χ2v) is 13.0. The van der Waals surface area contributed by atoms with Gasteiger partial charge in [-0.3, -0.25) is 14.4 Å². The number of rotatable bonds is 17. The lowest BCUT2D eigenvalue weighted by Gasteiger charge is -2.26. The Morgan fingerprint density at radius 1 is 0.581 bits per heavy atom. The van der Waals surface area contributed by atoms with Gasteiger partial charge < -0.3 is 35.3 Å². The third-order valence-corrected chi connectivity index (χ3v) is 7.69. The van der Waals surface area contributed by atoms with Crippen LogP contribution < -0.4 is 42.9 Å². The average molecular weight is 875 g/mol. The van der Waals surface area contributed by atoms with Crippen LogP contribution in [0.3, 0.4) is 0 Å². The van der Waals surface area contributed by atoms with Crippen molar-refractivity contribution in [2.75, 3.05) is 26.4 Å². The molecule has 0 bridgehead atoms. The summed E-state index contributed by atoms with van der Waals surface area (Å²) in [4.78, 5) is 89.9. The molecule has 18 heteroatoms. The van der Waals surface area contributed by atoms with E-state index in [1.807, 2.05) is 48.5 Å². The number of esters is 2. The standard InChI is InChI=1S/C27H32O6.C11H17N5O5.C2H5NO.4CH4/c1-19(2)25(28)32-17-15-30-23-11-7-21(8-12-23)27(5,6)22-9-13-24(14-10-22)31-16-18-33-26(29)20(3)4;1-4-14-9(19)15(5-12-7(2)17)11(21)16(10(14)20)6-13-8(3)18;1-2(3)4;;;;/h7-14H,1,3,15-18H2,2,4-6H3;4-6H2,1-3H3,(H,12,17)(H,13,18);1H3,(H2,3,4);4*1H4. The first-order chi connectivity index (χ1) is 27.1. The molecule has 1 aromatic heterocycles. The fourth-order valence-electron chi connectivity index (χ4n) is 4.54. The number of ether oxygens (including phenoxy) is 4. The number of nitrogens with one attached hydrogen (secondary N) is 2. The molecule has 0 unspecified atom stereocenters. The molecule has 348 valence electrons. The molecule has 0 saturated carbocycles. The van der Waals surface area contributed by atoms with Crippen molar-refractivity contribution >= 4 is 29.7 Å². The fraction of sp³-hybridized carbons (Fsp3) is 0.455. The second kappa shape index (κ2) is 30.3. The van der Waals surface area contributed by atoms with Crippen molar-refractivity contribution in [2.24, 2.45) is 5.73 Å². The number of aromatic nitrogens is 3. The Morgan fingerprint density at radius 3 is 1.13 bits per heavy atom. The van der Waals surface area contributed by atoms with Gasteiger partial charge in [-0.05, 0) is 56.2 Å². The Bertz CT molecular complexity index is 1960. The molecule has 2 aromatic carbocycles.